The van der Waals surface area contributed by atoms with Gasteiger partial charge in [0.15, 0.2) is 0 Å². The average molecular weight is 265 g/mol. The van der Waals surface area contributed by atoms with Gasteiger partial charge in [-0.1, -0.05) is 20.8 Å². The van der Waals surface area contributed by atoms with E-state index in [1.807, 2.05) is 0 Å². The van der Waals surface area contributed by atoms with Crippen LogP contribution in [-0.2, 0) is 0 Å². The van der Waals surface area contributed by atoms with Crippen LogP contribution < -0.4 is 15.8 Å². The Kier molecular flexibility index (Phi) is 5.30. The first-order valence-corrected chi connectivity index (χ1v) is 6.36. The lowest BCUT2D eigenvalue weighted by atomic mass is 9.88. The number of amides is 1. The number of ether oxygens (including phenoxy) is 1. The highest BCUT2D eigenvalue weighted by Crippen LogP contribution is 2.19. The highest BCUT2D eigenvalue weighted by molar-refractivity contribution is 5.96. The summed E-state index contributed by atoms with van der Waals surface area (Å²) in [6.45, 7) is 6.81. The van der Waals surface area contributed by atoms with E-state index in [-0.39, 0.29) is 17.4 Å². The zero-order valence-corrected chi connectivity index (χ0v) is 12.1. The van der Waals surface area contributed by atoms with Crippen molar-refractivity contribution in [3.05, 3.63) is 23.9 Å². The van der Waals surface area contributed by atoms with Crippen molar-refractivity contribution >= 4 is 5.91 Å². The monoisotopic (exact) mass is 265 g/mol. The van der Waals surface area contributed by atoms with Gasteiger partial charge in [-0.15, -0.1) is 0 Å². The summed E-state index contributed by atoms with van der Waals surface area (Å²) in [4.78, 5) is 16.0. The van der Waals surface area contributed by atoms with Gasteiger partial charge in [-0.05, 0) is 24.0 Å². The molecule has 0 fully saturated rings. The predicted molar refractivity (Wildman–Crippen MR) is 75.2 cm³/mol. The lowest BCUT2D eigenvalue weighted by Gasteiger charge is -2.23. The van der Waals surface area contributed by atoms with Gasteiger partial charge in [-0.2, -0.15) is 0 Å². The van der Waals surface area contributed by atoms with Gasteiger partial charge in [0.25, 0.3) is 5.91 Å². The summed E-state index contributed by atoms with van der Waals surface area (Å²) in [5.74, 6) is 0.110. The van der Waals surface area contributed by atoms with Crippen LogP contribution in [0.15, 0.2) is 18.3 Å². The first-order valence-electron chi connectivity index (χ1n) is 6.36. The topological polar surface area (TPSA) is 77.2 Å². The zero-order chi connectivity index (χ0) is 14.5. The molecule has 0 saturated carbocycles. The molecule has 3 N–H and O–H groups in total. The summed E-state index contributed by atoms with van der Waals surface area (Å²) in [5.41, 5.74) is 6.57. The molecule has 19 heavy (non-hydrogen) atoms. The third-order valence-corrected chi connectivity index (χ3v) is 2.61. The van der Waals surface area contributed by atoms with Crippen LogP contribution in [0.3, 0.4) is 0 Å². The Morgan fingerprint density at radius 2 is 2.21 bits per heavy atom. The molecule has 1 atom stereocenters. The molecule has 106 valence electrons. The van der Waals surface area contributed by atoms with Crippen LogP contribution in [0.5, 0.6) is 5.88 Å². The van der Waals surface area contributed by atoms with Crippen molar-refractivity contribution in [3.63, 3.8) is 0 Å². The summed E-state index contributed by atoms with van der Waals surface area (Å²) in [6, 6.07) is 3.31. The molecule has 0 aliphatic carbocycles. The lowest BCUT2D eigenvalue weighted by molar-refractivity contribution is 0.0945. The van der Waals surface area contributed by atoms with Gasteiger partial charge in [0.1, 0.15) is 5.56 Å². The van der Waals surface area contributed by atoms with Crippen LogP contribution in [0.4, 0.5) is 0 Å². The van der Waals surface area contributed by atoms with E-state index in [0.717, 1.165) is 6.42 Å². The van der Waals surface area contributed by atoms with E-state index in [4.69, 9.17) is 10.5 Å². The Hall–Kier alpha value is -1.62. The second kappa shape index (κ2) is 6.52. The van der Waals surface area contributed by atoms with Gasteiger partial charge in [-0.25, -0.2) is 4.98 Å². The quantitative estimate of drug-likeness (QED) is 0.847. The molecule has 5 nitrogen and oxygen atoms in total. The van der Waals surface area contributed by atoms with Crippen molar-refractivity contribution < 1.29 is 9.53 Å². The van der Waals surface area contributed by atoms with Crippen LogP contribution in [0.25, 0.3) is 0 Å². The number of methoxy groups -OCH3 is 1. The normalized spacial score (nSPS) is 12.9. The molecule has 0 radical (unpaired) electrons. The van der Waals surface area contributed by atoms with E-state index >= 15 is 0 Å². The second-order valence-electron chi connectivity index (χ2n) is 5.80. The summed E-state index contributed by atoms with van der Waals surface area (Å²) in [6.07, 6.45) is 2.43. The SMILES string of the molecule is COc1ncccc1C(=O)NCC(N)CC(C)(C)C. The first kappa shape index (κ1) is 15.4. The molecule has 1 aromatic rings. The van der Waals surface area contributed by atoms with Crippen molar-refractivity contribution in [3.8, 4) is 5.88 Å². The fourth-order valence-corrected chi connectivity index (χ4v) is 1.90. The maximum absolute atomic E-state index is 12.0. The smallest absolute Gasteiger partial charge is 0.256 e. The highest BCUT2D eigenvalue weighted by Gasteiger charge is 2.17. The van der Waals surface area contributed by atoms with Crippen molar-refractivity contribution in [2.45, 2.75) is 33.2 Å². The van der Waals surface area contributed by atoms with E-state index < -0.39 is 0 Å². The minimum absolute atomic E-state index is 0.0633. The molecule has 0 aromatic carbocycles. The van der Waals surface area contributed by atoms with E-state index in [2.05, 4.69) is 31.1 Å². The summed E-state index contributed by atoms with van der Waals surface area (Å²) >= 11 is 0. The summed E-state index contributed by atoms with van der Waals surface area (Å²) in [5, 5.41) is 2.81. The largest absolute Gasteiger partial charge is 0.480 e. The number of aromatic nitrogens is 1. The highest BCUT2D eigenvalue weighted by atomic mass is 16.5. The predicted octanol–water partition coefficient (Wildman–Crippen LogP) is 1.58. The zero-order valence-electron chi connectivity index (χ0n) is 12.1. The maximum Gasteiger partial charge on any atom is 0.256 e. The van der Waals surface area contributed by atoms with Crippen LogP contribution in [0, 0.1) is 5.41 Å². The van der Waals surface area contributed by atoms with Gasteiger partial charge in [0.05, 0.1) is 7.11 Å². The van der Waals surface area contributed by atoms with E-state index in [1.54, 1.807) is 18.3 Å². The van der Waals surface area contributed by atoms with Crippen molar-refractivity contribution in [1.82, 2.24) is 10.3 Å². The van der Waals surface area contributed by atoms with Crippen molar-refractivity contribution in [2.75, 3.05) is 13.7 Å². The molecule has 1 aromatic heterocycles. The van der Waals surface area contributed by atoms with Gasteiger partial charge < -0.3 is 15.8 Å². The van der Waals surface area contributed by atoms with Crippen LogP contribution in [0.2, 0.25) is 0 Å². The maximum atomic E-state index is 12.0. The average Bonchev–Trinajstić information content (AvgIpc) is 2.33. The van der Waals surface area contributed by atoms with Crippen molar-refractivity contribution in [2.24, 2.45) is 11.1 Å². The molecular weight excluding hydrogens is 242 g/mol. The van der Waals surface area contributed by atoms with E-state index in [9.17, 15) is 4.79 Å². The first-order chi connectivity index (χ1) is 8.83. The Balaban J connectivity index is 2.56. The fourth-order valence-electron chi connectivity index (χ4n) is 1.90. The van der Waals surface area contributed by atoms with Crippen LogP contribution >= 0.6 is 0 Å². The van der Waals surface area contributed by atoms with Gasteiger partial charge in [-0.3, -0.25) is 4.79 Å². The Bertz CT molecular complexity index is 427. The molecule has 0 aliphatic rings. The number of carbonyl (C=O) groups is 1. The Morgan fingerprint density at radius 1 is 1.53 bits per heavy atom. The fraction of sp³-hybridized carbons (Fsp3) is 0.571. The molecule has 0 bridgehead atoms. The molecule has 0 saturated heterocycles. The molecule has 0 aliphatic heterocycles. The number of nitrogens with zero attached hydrogens (tertiary/aromatic N) is 1. The lowest BCUT2D eigenvalue weighted by Crippen LogP contribution is -2.39. The number of nitrogens with two attached hydrogens (primary N) is 1. The molecule has 1 unspecified atom stereocenters. The molecule has 0 spiro atoms. The van der Waals surface area contributed by atoms with Crippen LogP contribution in [-0.4, -0.2) is 30.6 Å². The molecule has 1 rings (SSSR count). The number of rotatable bonds is 5. The summed E-state index contributed by atoms with van der Waals surface area (Å²) in [7, 11) is 1.49. The number of hydrogen-bond donors (Lipinski definition) is 2. The third-order valence-electron chi connectivity index (χ3n) is 2.61. The van der Waals surface area contributed by atoms with Gasteiger partial charge in [0.2, 0.25) is 5.88 Å². The Labute approximate surface area is 114 Å². The molecular formula is C14H23N3O2. The molecule has 5 heteroatoms. The Morgan fingerprint density at radius 3 is 2.79 bits per heavy atom. The number of carbonyl (C=O) groups excluding carboxylic acids is 1. The standard InChI is InChI=1S/C14H23N3O2/c1-14(2,3)8-10(15)9-17-12(18)11-6-5-7-16-13(11)19-4/h5-7,10H,8-9,15H2,1-4H3,(H,17,18). The number of hydrogen-bond acceptors (Lipinski definition) is 4. The second-order valence-corrected chi connectivity index (χ2v) is 5.80. The van der Waals surface area contributed by atoms with E-state index in [0.29, 0.717) is 18.0 Å². The van der Waals surface area contributed by atoms with E-state index in [1.165, 1.54) is 7.11 Å². The van der Waals surface area contributed by atoms with Crippen molar-refractivity contribution in [1.29, 1.82) is 0 Å². The van der Waals surface area contributed by atoms with Gasteiger partial charge >= 0.3 is 0 Å². The number of pyridine rings is 1. The third kappa shape index (κ3) is 5.26. The van der Waals surface area contributed by atoms with Gasteiger partial charge in [0, 0.05) is 18.8 Å². The molecule has 1 heterocycles. The summed E-state index contributed by atoms with van der Waals surface area (Å²) < 4.78 is 5.05. The molecule has 1 amide bonds. The minimum Gasteiger partial charge on any atom is -0.480 e. The van der Waals surface area contributed by atoms with Crippen LogP contribution in [0.1, 0.15) is 37.6 Å². The number of nitrogens with one attached hydrogen (secondary N) is 1. The minimum atomic E-state index is -0.214.